The van der Waals surface area contributed by atoms with Crippen LogP contribution in [0.2, 0.25) is 0 Å². The molecule has 0 aliphatic carbocycles. The number of hydrogen-bond acceptors (Lipinski definition) is 3. The number of rotatable bonds is 6. The van der Waals surface area contributed by atoms with Crippen molar-refractivity contribution < 1.29 is 4.74 Å². The molecule has 0 bridgehead atoms. The average molecular weight is 208 g/mol. The molecular formula is C12H20N2O. The number of nitrogens with one attached hydrogen (secondary N) is 1. The Bertz CT molecular complexity index is 265. The Morgan fingerprint density at radius 3 is 2.80 bits per heavy atom. The van der Waals surface area contributed by atoms with Crippen LogP contribution >= 0.6 is 0 Å². The quantitative estimate of drug-likeness (QED) is 0.778. The zero-order valence-electron chi connectivity index (χ0n) is 9.79. The van der Waals surface area contributed by atoms with Crippen molar-refractivity contribution in [2.24, 2.45) is 0 Å². The molecule has 0 spiro atoms. The highest BCUT2D eigenvalue weighted by Gasteiger charge is 2.08. The number of ether oxygens (including phenoxy) is 1. The summed E-state index contributed by atoms with van der Waals surface area (Å²) in [6.45, 7) is 5.02. The van der Waals surface area contributed by atoms with Crippen LogP contribution in [0.4, 0.5) is 0 Å². The molecule has 1 unspecified atom stereocenters. The summed E-state index contributed by atoms with van der Waals surface area (Å²) in [5.41, 5.74) is 1.02. The number of hydrogen-bond donors (Lipinski definition) is 1. The molecule has 3 heteroatoms. The zero-order chi connectivity index (χ0) is 11.1. The van der Waals surface area contributed by atoms with Crippen LogP contribution in [-0.2, 0) is 0 Å². The van der Waals surface area contributed by atoms with Gasteiger partial charge in [0.05, 0.1) is 6.20 Å². The Morgan fingerprint density at radius 1 is 1.47 bits per heavy atom. The number of likely N-dealkylation sites (N-methyl/N-ethyl adjacent to an activating group) is 1. The Labute approximate surface area is 91.9 Å². The molecule has 0 saturated carbocycles. The van der Waals surface area contributed by atoms with Crippen molar-refractivity contribution in [3.8, 4) is 5.75 Å². The lowest BCUT2D eigenvalue weighted by atomic mass is 10.2. The smallest absolute Gasteiger partial charge is 0.138 e. The molecule has 0 aromatic carbocycles. The van der Waals surface area contributed by atoms with Crippen LogP contribution in [0.5, 0.6) is 5.75 Å². The summed E-state index contributed by atoms with van der Waals surface area (Å²) >= 11 is 0. The highest BCUT2D eigenvalue weighted by atomic mass is 16.5. The van der Waals surface area contributed by atoms with E-state index in [2.05, 4.69) is 17.2 Å². The fourth-order valence-corrected chi connectivity index (χ4v) is 1.47. The zero-order valence-corrected chi connectivity index (χ0v) is 9.79. The van der Waals surface area contributed by atoms with Crippen molar-refractivity contribution in [2.45, 2.75) is 32.8 Å². The number of pyridine rings is 1. The lowest BCUT2D eigenvalue weighted by Gasteiger charge is -2.17. The molecule has 1 aromatic heterocycles. The van der Waals surface area contributed by atoms with Gasteiger partial charge < -0.3 is 10.1 Å². The highest BCUT2D eigenvalue weighted by molar-refractivity contribution is 5.19. The van der Waals surface area contributed by atoms with Gasteiger partial charge in [-0.25, -0.2) is 0 Å². The molecule has 0 saturated heterocycles. The van der Waals surface area contributed by atoms with Gasteiger partial charge in [-0.2, -0.15) is 0 Å². The van der Waals surface area contributed by atoms with Gasteiger partial charge in [-0.05, 0) is 32.5 Å². The summed E-state index contributed by atoms with van der Waals surface area (Å²) in [5, 5.41) is 3.14. The second-order valence-electron chi connectivity index (χ2n) is 3.72. The molecule has 0 radical (unpaired) electrons. The molecule has 15 heavy (non-hydrogen) atoms. The van der Waals surface area contributed by atoms with Gasteiger partial charge in [0.25, 0.3) is 0 Å². The summed E-state index contributed by atoms with van der Waals surface area (Å²) < 4.78 is 5.83. The summed E-state index contributed by atoms with van der Waals surface area (Å²) in [6.07, 6.45) is 4.22. The molecule has 1 rings (SSSR count). The van der Waals surface area contributed by atoms with E-state index in [4.69, 9.17) is 4.74 Å². The largest absolute Gasteiger partial charge is 0.487 e. The van der Waals surface area contributed by atoms with E-state index in [0.29, 0.717) is 0 Å². The summed E-state index contributed by atoms with van der Waals surface area (Å²) in [4.78, 5) is 4.21. The maximum Gasteiger partial charge on any atom is 0.138 e. The van der Waals surface area contributed by atoms with Crippen LogP contribution in [0.1, 0.15) is 25.5 Å². The molecule has 3 nitrogen and oxygen atoms in total. The highest BCUT2D eigenvalue weighted by Crippen LogP contribution is 2.12. The standard InChI is InChI=1S/C12H20N2O/c1-4-5-11(8-13-3)15-12-7-6-10(2)14-9-12/h6-7,9,11,13H,4-5,8H2,1-3H3. The van der Waals surface area contributed by atoms with Gasteiger partial charge in [0.1, 0.15) is 11.9 Å². The first-order valence-electron chi connectivity index (χ1n) is 5.50. The van der Waals surface area contributed by atoms with E-state index in [9.17, 15) is 0 Å². The van der Waals surface area contributed by atoms with Crippen molar-refractivity contribution >= 4 is 0 Å². The van der Waals surface area contributed by atoms with Gasteiger partial charge in [0.2, 0.25) is 0 Å². The van der Waals surface area contributed by atoms with Crippen LogP contribution in [0.25, 0.3) is 0 Å². The van der Waals surface area contributed by atoms with Gasteiger partial charge in [-0.3, -0.25) is 4.98 Å². The fourth-order valence-electron chi connectivity index (χ4n) is 1.47. The summed E-state index contributed by atoms with van der Waals surface area (Å²) in [6, 6.07) is 3.94. The van der Waals surface area contributed by atoms with Crippen molar-refractivity contribution in [2.75, 3.05) is 13.6 Å². The Hall–Kier alpha value is -1.09. The number of aromatic nitrogens is 1. The van der Waals surface area contributed by atoms with Gasteiger partial charge >= 0.3 is 0 Å². The van der Waals surface area contributed by atoms with E-state index in [1.807, 2.05) is 26.1 Å². The van der Waals surface area contributed by atoms with E-state index in [0.717, 1.165) is 30.8 Å². The van der Waals surface area contributed by atoms with E-state index in [1.54, 1.807) is 6.20 Å². The minimum Gasteiger partial charge on any atom is -0.487 e. The predicted molar refractivity (Wildman–Crippen MR) is 62.2 cm³/mol. The Balaban J connectivity index is 2.53. The summed E-state index contributed by atoms with van der Waals surface area (Å²) in [7, 11) is 1.94. The van der Waals surface area contributed by atoms with Gasteiger partial charge in [-0.1, -0.05) is 13.3 Å². The third kappa shape index (κ3) is 4.30. The summed E-state index contributed by atoms with van der Waals surface area (Å²) in [5.74, 6) is 0.856. The minimum atomic E-state index is 0.240. The molecule has 1 N–H and O–H groups in total. The van der Waals surface area contributed by atoms with Crippen molar-refractivity contribution in [1.29, 1.82) is 0 Å². The third-order valence-electron chi connectivity index (χ3n) is 2.23. The second kappa shape index (κ2) is 6.40. The van der Waals surface area contributed by atoms with Gasteiger partial charge in [-0.15, -0.1) is 0 Å². The molecule has 1 aromatic rings. The molecular weight excluding hydrogens is 188 g/mol. The third-order valence-corrected chi connectivity index (χ3v) is 2.23. The number of aryl methyl sites for hydroxylation is 1. The predicted octanol–water partition coefficient (Wildman–Crippen LogP) is 2.16. The minimum absolute atomic E-state index is 0.240. The first-order chi connectivity index (χ1) is 7.26. The molecule has 0 aliphatic heterocycles. The van der Waals surface area contributed by atoms with E-state index < -0.39 is 0 Å². The maximum absolute atomic E-state index is 5.83. The van der Waals surface area contributed by atoms with E-state index >= 15 is 0 Å². The maximum atomic E-state index is 5.83. The van der Waals surface area contributed by atoms with Crippen LogP contribution < -0.4 is 10.1 Å². The van der Waals surface area contributed by atoms with Crippen molar-refractivity contribution in [3.63, 3.8) is 0 Å². The molecule has 0 aliphatic rings. The first kappa shape index (κ1) is 12.0. The van der Waals surface area contributed by atoms with E-state index in [-0.39, 0.29) is 6.10 Å². The average Bonchev–Trinajstić information content (AvgIpc) is 2.22. The fraction of sp³-hybridized carbons (Fsp3) is 0.583. The van der Waals surface area contributed by atoms with Crippen LogP contribution in [0, 0.1) is 6.92 Å². The van der Waals surface area contributed by atoms with E-state index in [1.165, 1.54) is 0 Å². The van der Waals surface area contributed by atoms with Crippen LogP contribution in [-0.4, -0.2) is 24.7 Å². The second-order valence-corrected chi connectivity index (χ2v) is 3.72. The lowest BCUT2D eigenvalue weighted by Crippen LogP contribution is -2.29. The Kier molecular flexibility index (Phi) is 5.12. The topological polar surface area (TPSA) is 34.1 Å². The SMILES string of the molecule is CCCC(CNC)Oc1ccc(C)nc1. The monoisotopic (exact) mass is 208 g/mol. The molecule has 0 fully saturated rings. The molecule has 1 atom stereocenters. The van der Waals surface area contributed by atoms with Gasteiger partial charge in [0.15, 0.2) is 0 Å². The first-order valence-corrected chi connectivity index (χ1v) is 5.50. The van der Waals surface area contributed by atoms with Crippen LogP contribution in [0.3, 0.4) is 0 Å². The Morgan fingerprint density at radius 2 is 2.27 bits per heavy atom. The molecule has 84 valence electrons. The van der Waals surface area contributed by atoms with Crippen LogP contribution in [0.15, 0.2) is 18.3 Å². The lowest BCUT2D eigenvalue weighted by molar-refractivity contribution is 0.188. The molecule has 0 amide bonds. The van der Waals surface area contributed by atoms with Crippen molar-refractivity contribution in [1.82, 2.24) is 10.3 Å². The molecule has 1 heterocycles. The van der Waals surface area contributed by atoms with Gasteiger partial charge in [0, 0.05) is 12.2 Å². The number of nitrogens with zero attached hydrogens (tertiary/aromatic N) is 1. The van der Waals surface area contributed by atoms with Crippen molar-refractivity contribution in [3.05, 3.63) is 24.0 Å². The normalized spacial score (nSPS) is 12.5.